The number of nitro groups is 1. The number of benzene rings is 2. The highest BCUT2D eigenvalue weighted by Crippen LogP contribution is 2.29. The zero-order valence-corrected chi connectivity index (χ0v) is 13.4. The van der Waals surface area contributed by atoms with E-state index >= 15 is 0 Å². The molecular weight excluding hydrogens is 330 g/mol. The van der Waals surface area contributed by atoms with Crippen molar-refractivity contribution in [2.24, 2.45) is 0 Å². The van der Waals surface area contributed by atoms with Crippen LogP contribution in [0, 0.1) is 17.0 Å². The molecule has 0 aliphatic rings. The minimum Gasteiger partial charge on any atom is -0.277 e. The summed E-state index contributed by atoms with van der Waals surface area (Å²) < 4.78 is 27.6. The molecule has 0 saturated carbocycles. The lowest BCUT2D eigenvalue weighted by Crippen LogP contribution is -2.15. The fourth-order valence-corrected chi connectivity index (χ4v) is 3.67. The van der Waals surface area contributed by atoms with Crippen LogP contribution in [0.2, 0.25) is 0 Å². The van der Waals surface area contributed by atoms with Crippen molar-refractivity contribution in [3.05, 3.63) is 70.4 Å². The van der Waals surface area contributed by atoms with Crippen molar-refractivity contribution >= 4 is 32.3 Å². The van der Waals surface area contributed by atoms with Gasteiger partial charge in [0.05, 0.1) is 16.1 Å². The summed E-state index contributed by atoms with van der Waals surface area (Å²) in [6, 6.07) is 12.1. The van der Waals surface area contributed by atoms with Crippen LogP contribution < -0.4 is 4.72 Å². The number of nitro benzene ring substituents is 1. The third-order valence-electron chi connectivity index (χ3n) is 3.58. The number of pyridine rings is 1. The van der Waals surface area contributed by atoms with Crippen molar-refractivity contribution in [2.75, 3.05) is 4.72 Å². The fourth-order valence-electron chi connectivity index (χ4n) is 2.43. The van der Waals surface area contributed by atoms with Crippen LogP contribution in [-0.4, -0.2) is 18.3 Å². The maximum Gasteiger partial charge on any atom is 0.289 e. The number of anilines is 1. The summed E-state index contributed by atoms with van der Waals surface area (Å²) in [7, 11) is -4.12. The number of hydrogen-bond donors (Lipinski definition) is 1. The highest BCUT2D eigenvalue weighted by atomic mass is 32.2. The van der Waals surface area contributed by atoms with Gasteiger partial charge in [0.25, 0.3) is 15.7 Å². The molecule has 3 rings (SSSR count). The summed E-state index contributed by atoms with van der Waals surface area (Å²) >= 11 is 0. The number of nitrogens with one attached hydrogen (secondary N) is 1. The molecule has 122 valence electrons. The van der Waals surface area contributed by atoms with Gasteiger partial charge in [-0.3, -0.25) is 19.8 Å². The second-order valence-electron chi connectivity index (χ2n) is 5.16. The zero-order valence-electron chi connectivity index (χ0n) is 12.6. The van der Waals surface area contributed by atoms with E-state index < -0.39 is 20.6 Å². The monoisotopic (exact) mass is 343 g/mol. The quantitative estimate of drug-likeness (QED) is 0.578. The summed E-state index contributed by atoms with van der Waals surface area (Å²) in [4.78, 5) is 14.2. The second kappa shape index (κ2) is 5.89. The minimum atomic E-state index is -4.12. The third kappa shape index (κ3) is 2.79. The Hall–Kier alpha value is -3.00. The van der Waals surface area contributed by atoms with Crippen molar-refractivity contribution in [2.45, 2.75) is 11.8 Å². The second-order valence-corrected chi connectivity index (χ2v) is 6.81. The molecule has 2 aromatic carbocycles. The Labute approximate surface area is 138 Å². The van der Waals surface area contributed by atoms with Gasteiger partial charge in [0.1, 0.15) is 0 Å². The molecule has 0 unspecified atom stereocenters. The van der Waals surface area contributed by atoms with Crippen LogP contribution in [0.5, 0.6) is 0 Å². The lowest BCUT2D eigenvalue weighted by Gasteiger charge is -2.11. The Morgan fingerprint density at radius 2 is 1.83 bits per heavy atom. The van der Waals surface area contributed by atoms with Gasteiger partial charge >= 0.3 is 0 Å². The molecule has 0 aliphatic heterocycles. The summed E-state index contributed by atoms with van der Waals surface area (Å²) in [5, 5.41) is 11.9. The van der Waals surface area contributed by atoms with E-state index in [1.807, 2.05) is 19.1 Å². The molecule has 24 heavy (non-hydrogen) atoms. The molecule has 0 atom stereocenters. The predicted molar refractivity (Wildman–Crippen MR) is 90.4 cm³/mol. The number of aryl methyl sites for hydroxylation is 1. The average Bonchev–Trinajstić information content (AvgIpc) is 2.55. The van der Waals surface area contributed by atoms with Crippen LogP contribution in [0.1, 0.15) is 5.56 Å². The summed E-state index contributed by atoms with van der Waals surface area (Å²) in [6.07, 6.45) is 1.58. The normalized spacial score (nSPS) is 11.4. The lowest BCUT2D eigenvalue weighted by molar-refractivity contribution is -0.387. The van der Waals surface area contributed by atoms with Gasteiger partial charge in [-0.05, 0) is 30.7 Å². The molecule has 1 heterocycles. The molecule has 0 bridgehead atoms. The Morgan fingerprint density at radius 3 is 2.58 bits per heavy atom. The molecule has 0 spiro atoms. The van der Waals surface area contributed by atoms with Gasteiger partial charge in [-0.1, -0.05) is 24.3 Å². The zero-order chi connectivity index (χ0) is 17.3. The van der Waals surface area contributed by atoms with Crippen molar-refractivity contribution in [3.63, 3.8) is 0 Å². The number of aromatic nitrogens is 1. The number of hydrogen-bond acceptors (Lipinski definition) is 5. The van der Waals surface area contributed by atoms with Crippen molar-refractivity contribution in [1.29, 1.82) is 0 Å². The Bertz CT molecular complexity index is 1050. The largest absolute Gasteiger partial charge is 0.289 e. The van der Waals surface area contributed by atoms with E-state index in [-0.39, 0.29) is 10.6 Å². The lowest BCUT2D eigenvalue weighted by atomic mass is 10.1. The van der Waals surface area contributed by atoms with Crippen LogP contribution in [-0.2, 0) is 10.0 Å². The van der Waals surface area contributed by atoms with E-state index in [9.17, 15) is 18.5 Å². The van der Waals surface area contributed by atoms with Crippen LogP contribution in [0.25, 0.3) is 10.9 Å². The van der Waals surface area contributed by atoms with Gasteiger partial charge in [-0.2, -0.15) is 0 Å². The first-order chi connectivity index (χ1) is 11.4. The van der Waals surface area contributed by atoms with Crippen molar-refractivity contribution in [3.8, 4) is 0 Å². The van der Waals surface area contributed by atoms with Crippen LogP contribution in [0.3, 0.4) is 0 Å². The predicted octanol–water partition coefficient (Wildman–Crippen LogP) is 3.25. The Balaban J connectivity index is 2.12. The molecule has 3 aromatic rings. The number of para-hydroxylation sites is 2. The third-order valence-corrected chi connectivity index (χ3v) is 5.00. The van der Waals surface area contributed by atoms with Crippen LogP contribution in [0.15, 0.2) is 59.6 Å². The summed E-state index contributed by atoms with van der Waals surface area (Å²) in [6.45, 7) is 1.89. The van der Waals surface area contributed by atoms with Crippen molar-refractivity contribution < 1.29 is 13.3 Å². The molecule has 7 nitrogen and oxygen atoms in total. The van der Waals surface area contributed by atoms with Gasteiger partial charge in [0, 0.05) is 17.6 Å². The Morgan fingerprint density at radius 1 is 1.08 bits per heavy atom. The van der Waals surface area contributed by atoms with Gasteiger partial charge in [0.2, 0.25) is 0 Å². The first-order valence-corrected chi connectivity index (χ1v) is 8.49. The molecule has 0 radical (unpaired) electrons. The average molecular weight is 343 g/mol. The topological polar surface area (TPSA) is 102 Å². The number of rotatable bonds is 4. The highest BCUT2D eigenvalue weighted by molar-refractivity contribution is 7.92. The first-order valence-electron chi connectivity index (χ1n) is 7.01. The van der Waals surface area contributed by atoms with E-state index in [1.54, 1.807) is 18.3 Å². The number of fused-ring (bicyclic) bond motifs is 1. The van der Waals surface area contributed by atoms with E-state index in [0.717, 1.165) is 17.0 Å². The molecule has 0 fully saturated rings. The van der Waals surface area contributed by atoms with E-state index in [4.69, 9.17) is 0 Å². The highest BCUT2D eigenvalue weighted by Gasteiger charge is 2.25. The van der Waals surface area contributed by atoms with Crippen LogP contribution in [0.4, 0.5) is 11.4 Å². The fraction of sp³-hybridized carbons (Fsp3) is 0.0625. The first kappa shape index (κ1) is 15.9. The minimum absolute atomic E-state index is 0.273. The van der Waals surface area contributed by atoms with Gasteiger partial charge in [-0.25, -0.2) is 8.42 Å². The maximum absolute atomic E-state index is 12.6. The molecule has 1 N–H and O–H groups in total. The Kier molecular flexibility index (Phi) is 3.90. The number of sulfonamides is 1. The van der Waals surface area contributed by atoms with E-state index in [1.165, 1.54) is 18.2 Å². The molecule has 1 aromatic heterocycles. The van der Waals surface area contributed by atoms with E-state index in [0.29, 0.717) is 5.52 Å². The van der Waals surface area contributed by atoms with Crippen molar-refractivity contribution in [1.82, 2.24) is 4.98 Å². The van der Waals surface area contributed by atoms with Gasteiger partial charge in [-0.15, -0.1) is 0 Å². The summed E-state index contributed by atoms with van der Waals surface area (Å²) in [5.74, 6) is 0. The van der Waals surface area contributed by atoms with Crippen LogP contribution >= 0.6 is 0 Å². The molecular formula is C16H13N3O4S. The number of nitrogens with zero attached hydrogens (tertiary/aromatic N) is 2. The smallest absolute Gasteiger partial charge is 0.277 e. The SMILES string of the molecule is Cc1ccnc2c(NS(=O)(=O)c3ccccc3[N+](=O)[O-])cccc12. The van der Waals surface area contributed by atoms with Gasteiger partial charge < -0.3 is 0 Å². The standard InChI is InChI=1S/C16H13N3O4S/c1-11-9-10-17-16-12(11)5-4-6-13(16)18-24(22,23)15-8-3-2-7-14(15)19(20)21/h2-10,18H,1H3. The molecule has 0 aliphatic carbocycles. The molecule has 0 amide bonds. The van der Waals surface area contributed by atoms with Gasteiger partial charge in [0.15, 0.2) is 4.90 Å². The molecule has 8 heteroatoms. The molecule has 0 saturated heterocycles. The maximum atomic E-state index is 12.6. The van der Waals surface area contributed by atoms with E-state index in [2.05, 4.69) is 9.71 Å². The summed E-state index contributed by atoms with van der Waals surface area (Å²) in [5.41, 5.74) is 1.23.